The zero-order valence-electron chi connectivity index (χ0n) is 13.4. The van der Waals surface area contributed by atoms with E-state index in [1.54, 1.807) is 30.3 Å². The normalized spacial score (nSPS) is 15.0. The molecule has 1 atom stereocenters. The van der Waals surface area contributed by atoms with Crippen LogP contribution < -0.4 is 10.2 Å². The number of rotatable bonds is 5. The Morgan fingerprint density at radius 2 is 1.88 bits per heavy atom. The molecule has 0 bridgehead atoms. The molecule has 0 radical (unpaired) electrons. The number of hydrogen-bond acceptors (Lipinski definition) is 5. The van der Waals surface area contributed by atoms with Crippen LogP contribution in [0.5, 0.6) is 0 Å². The predicted octanol–water partition coefficient (Wildman–Crippen LogP) is 2.29. The fourth-order valence-electron chi connectivity index (χ4n) is 2.72. The quantitative estimate of drug-likeness (QED) is 0.849. The highest BCUT2D eigenvalue weighted by atomic mass is 35.5. The number of amides is 1. The number of benzene rings is 1. The third-order valence-electron chi connectivity index (χ3n) is 3.99. The van der Waals surface area contributed by atoms with Gasteiger partial charge < -0.3 is 15.3 Å². The number of nitrogens with one attached hydrogen (secondary N) is 1. The number of aliphatic carboxylic acids is 1. The Hall–Kier alpha value is -2.67. The fraction of sp³-hybridized carbons (Fsp3) is 0.294. The summed E-state index contributed by atoms with van der Waals surface area (Å²) in [5.74, 6) is -1.38. The molecule has 0 spiro atoms. The molecule has 2 heterocycles. The summed E-state index contributed by atoms with van der Waals surface area (Å²) in [6, 6.07) is 7.27. The first kappa shape index (κ1) is 17.2. The standard InChI is InChI=1S/C17H17ClN4O3/c18-12-10-19-17(22-8-4-5-9-22)21-14(12)15(23)20-13(16(24)25)11-6-2-1-3-7-11/h1-3,6-7,10,13H,4-5,8-9H2,(H,20,23)(H,24,25)/t13-/m0/s1. The molecule has 0 unspecified atom stereocenters. The fourth-order valence-corrected chi connectivity index (χ4v) is 2.90. The Kier molecular flexibility index (Phi) is 5.14. The van der Waals surface area contributed by atoms with Gasteiger partial charge in [0.1, 0.15) is 0 Å². The van der Waals surface area contributed by atoms with Crippen LogP contribution in [0, 0.1) is 0 Å². The van der Waals surface area contributed by atoms with Gasteiger partial charge in [-0.15, -0.1) is 0 Å². The predicted molar refractivity (Wildman–Crippen MR) is 92.8 cm³/mol. The Balaban J connectivity index is 1.84. The third-order valence-corrected chi connectivity index (χ3v) is 4.27. The van der Waals surface area contributed by atoms with Gasteiger partial charge in [-0.1, -0.05) is 41.9 Å². The smallest absolute Gasteiger partial charge is 0.330 e. The van der Waals surface area contributed by atoms with E-state index in [9.17, 15) is 14.7 Å². The number of halogens is 1. The zero-order chi connectivity index (χ0) is 17.8. The van der Waals surface area contributed by atoms with Gasteiger partial charge >= 0.3 is 5.97 Å². The number of carbonyl (C=O) groups is 2. The molecule has 8 heteroatoms. The highest BCUT2D eigenvalue weighted by Crippen LogP contribution is 2.21. The van der Waals surface area contributed by atoms with Crippen LogP contribution in [-0.4, -0.2) is 40.0 Å². The van der Waals surface area contributed by atoms with Crippen molar-refractivity contribution in [1.82, 2.24) is 15.3 Å². The van der Waals surface area contributed by atoms with Crippen LogP contribution in [0.1, 0.15) is 34.9 Å². The van der Waals surface area contributed by atoms with Crippen LogP contribution in [0.2, 0.25) is 5.02 Å². The number of hydrogen-bond donors (Lipinski definition) is 2. The van der Waals surface area contributed by atoms with Crippen molar-refractivity contribution in [3.63, 3.8) is 0 Å². The Morgan fingerprint density at radius 1 is 1.20 bits per heavy atom. The number of aromatic nitrogens is 2. The van der Waals surface area contributed by atoms with Crippen LogP contribution in [0.3, 0.4) is 0 Å². The van der Waals surface area contributed by atoms with Gasteiger partial charge in [0.2, 0.25) is 5.95 Å². The highest BCUT2D eigenvalue weighted by Gasteiger charge is 2.25. The lowest BCUT2D eigenvalue weighted by Gasteiger charge is -2.17. The minimum atomic E-state index is -1.19. The minimum Gasteiger partial charge on any atom is -0.479 e. The van der Waals surface area contributed by atoms with Crippen molar-refractivity contribution in [2.45, 2.75) is 18.9 Å². The van der Waals surface area contributed by atoms with Crippen LogP contribution in [0.25, 0.3) is 0 Å². The first-order chi connectivity index (χ1) is 12.1. The maximum Gasteiger partial charge on any atom is 0.330 e. The molecule has 2 N–H and O–H groups in total. The van der Waals surface area contributed by atoms with E-state index in [1.807, 2.05) is 4.90 Å². The van der Waals surface area contributed by atoms with Gasteiger partial charge in [0, 0.05) is 13.1 Å². The maximum atomic E-state index is 12.6. The van der Waals surface area contributed by atoms with Crippen LogP contribution in [-0.2, 0) is 4.79 Å². The van der Waals surface area contributed by atoms with E-state index in [0.717, 1.165) is 25.9 Å². The van der Waals surface area contributed by atoms with Crippen molar-refractivity contribution in [3.05, 3.63) is 52.8 Å². The zero-order valence-corrected chi connectivity index (χ0v) is 14.1. The molecule has 0 saturated carbocycles. The summed E-state index contributed by atoms with van der Waals surface area (Å²) >= 11 is 6.06. The maximum absolute atomic E-state index is 12.6. The topological polar surface area (TPSA) is 95.4 Å². The monoisotopic (exact) mass is 360 g/mol. The molecule has 1 saturated heterocycles. The summed E-state index contributed by atoms with van der Waals surface area (Å²) in [6.07, 6.45) is 3.46. The summed E-state index contributed by atoms with van der Waals surface area (Å²) in [5.41, 5.74) is 0.439. The molecule has 1 aliphatic heterocycles. The van der Waals surface area contributed by atoms with Gasteiger partial charge in [-0.2, -0.15) is 0 Å². The largest absolute Gasteiger partial charge is 0.479 e. The molecule has 25 heavy (non-hydrogen) atoms. The van der Waals surface area contributed by atoms with E-state index < -0.39 is 17.9 Å². The second kappa shape index (κ2) is 7.48. The van der Waals surface area contributed by atoms with E-state index in [2.05, 4.69) is 15.3 Å². The molecule has 1 aromatic carbocycles. The average Bonchev–Trinajstić information content (AvgIpc) is 3.15. The highest BCUT2D eigenvalue weighted by molar-refractivity contribution is 6.33. The first-order valence-corrected chi connectivity index (χ1v) is 8.30. The number of carbonyl (C=O) groups excluding carboxylic acids is 1. The van der Waals surface area contributed by atoms with Crippen molar-refractivity contribution in [1.29, 1.82) is 0 Å². The van der Waals surface area contributed by atoms with E-state index in [4.69, 9.17) is 11.6 Å². The molecule has 7 nitrogen and oxygen atoms in total. The third kappa shape index (κ3) is 3.88. The lowest BCUT2D eigenvalue weighted by molar-refractivity contribution is -0.139. The van der Waals surface area contributed by atoms with Crippen molar-refractivity contribution >= 4 is 29.4 Å². The van der Waals surface area contributed by atoms with Crippen molar-refractivity contribution < 1.29 is 14.7 Å². The van der Waals surface area contributed by atoms with Crippen molar-refractivity contribution in [2.75, 3.05) is 18.0 Å². The molecule has 2 aromatic rings. The van der Waals surface area contributed by atoms with E-state index in [0.29, 0.717) is 11.5 Å². The van der Waals surface area contributed by atoms with Gasteiger partial charge in [0.05, 0.1) is 11.2 Å². The molecule has 0 aliphatic carbocycles. The molecule has 1 aliphatic rings. The van der Waals surface area contributed by atoms with E-state index in [1.165, 1.54) is 6.20 Å². The van der Waals surface area contributed by atoms with Gasteiger partial charge in [0.25, 0.3) is 5.91 Å². The number of anilines is 1. The van der Waals surface area contributed by atoms with Gasteiger partial charge in [-0.25, -0.2) is 14.8 Å². The van der Waals surface area contributed by atoms with Gasteiger partial charge in [-0.05, 0) is 18.4 Å². The van der Waals surface area contributed by atoms with Crippen LogP contribution >= 0.6 is 11.6 Å². The minimum absolute atomic E-state index is 0.0271. The molecule has 1 aromatic heterocycles. The summed E-state index contributed by atoms with van der Waals surface area (Å²) in [4.78, 5) is 34.5. The van der Waals surface area contributed by atoms with Crippen LogP contribution in [0.4, 0.5) is 5.95 Å². The molecule has 3 rings (SSSR count). The molecule has 1 fully saturated rings. The Labute approximate surface area is 149 Å². The van der Waals surface area contributed by atoms with Crippen molar-refractivity contribution in [3.8, 4) is 0 Å². The molecule has 130 valence electrons. The summed E-state index contributed by atoms with van der Waals surface area (Å²) in [5, 5.41) is 12.0. The SMILES string of the molecule is O=C(N[C@H](C(=O)O)c1ccccc1)c1nc(N2CCCC2)ncc1Cl. The lowest BCUT2D eigenvalue weighted by atomic mass is 10.1. The molecular weight excluding hydrogens is 344 g/mol. The van der Waals surface area contributed by atoms with E-state index >= 15 is 0 Å². The average molecular weight is 361 g/mol. The molecular formula is C17H17ClN4O3. The second-order valence-corrected chi connectivity index (χ2v) is 6.12. The van der Waals surface area contributed by atoms with E-state index in [-0.39, 0.29) is 10.7 Å². The van der Waals surface area contributed by atoms with Crippen molar-refractivity contribution in [2.24, 2.45) is 0 Å². The summed E-state index contributed by atoms with van der Waals surface area (Å²) < 4.78 is 0. The number of nitrogens with zero attached hydrogens (tertiary/aromatic N) is 3. The van der Waals surface area contributed by atoms with Gasteiger partial charge in [0.15, 0.2) is 11.7 Å². The first-order valence-electron chi connectivity index (χ1n) is 7.92. The van der Waals surface area contributed by atoms with Crippen LogP contribution in [0.15, 0.2) is 36.5 Å². The number of carboxylic acids is 1. The Bertz CT molecular complexity index is 779. The lowest BCUT2D eigenvalue weighted by Crippen LogP contribution is -2.34. The number of carboxylic acid groups (broad SMARTS) is 1. The Morgan fingerprint density at radius 3 is 2.52 bits per heavy atom. The molecule has 1 amide bonds. The van der Waals surface area contributed by atoms with Gasteiger partial charge in [-0.3, -0.25) is 4.79 Å². The summed E-state index contributed by atoms with van der Waals surface area (Å²) in [6.45, 7) is 1.65. The second-order valence-electron chi connectivity index (χ2n) is 5.72. The summed E-state index contributed by atoms with van der Waals surface area (Å²) in [7, 11) is 0.